The van der Waals surface area contributed by atoms with Crippen molar-refractivity contribution in [3.8, 4) is 6.07 Å². The van der Waals surface area contributed by atoms with Crippen LogP contribution >= 0.6 is 11.6 Å². The van der Waals surface area contributed by atoms with Crippen LogP contribution in [-0.4, -0.2) is 40.7 Å². The molecule has 1 fully saturated rings. The normalized spacial score (nSPS) is 18.7. The second-order valence-corrected chi connectivity index (χ2v) is 10.9. The molecule has 0 amide bonds. The number of carbonyl (C=O) groups is 1. The Morgan fingerprint density at radius 3 is 2.67 bits per heavy atom. The van der Waals surface area contributed by atoms with E-state index in [2.05, 4.69) is 40.6 Å². The van der Waals surface area contributed by atoms with Gasteiger partial charge in [0.05, 0.1) is 33.9 Å². The first-order chi connectivity index (χ1) is 15.7. The number of nitrogens with zero attached hydrogens (tertiary/aromatic N) is 2. The smallest absolute Gasteiger partial charge is 0.195 e. The number of piperidine rings is 1. The molecule has 2 heterocycles. The predicted molar refractivity (Wildman–Crippen MR) is 132 cm³/mol. The highest BCUT2D eigenvalue weighted by Crippen LogP contribution is 2.46. The molecule has 0 radical (unpaired) electrons. The van der Waals surface area contributed by atoms with Crippen molar-refractivity contribution in [1.82, 2.24) is 9.71 Å². The first kappa shape index (κ1) is 22.3. The molecular formula is C25H25ClN4O2S. The molecule has 6 nitrogen and oxygen atoms in total. The van der Waals surface area contributed by atoms with E-state index in [9.17, 15) is 14.6 Å². The summed E-state index contributed by atoms with van der Waals surface area (Å²) in [5.74, 6) is -0.0444. The van der Waals surface area contributed by atoms with E-state index in [4.69, 9.17) is 11.6 Å². The number of nitriles is 1. The van der Waals surface area contributed by atoms with Crippen molar-refractivity contribution in [2.45, 2.75) is 38.1 Å². The second kappa shape index (κ2) is 8.07. The fourth-order valence-electron chi connectivity index (χ4n) is 5.22. The van der Waals surface area contributed by atoms with Crippen molar-refractivity contribution in [1.29, 1.82) is 5.26 Å². The topological polar surface area (TPSA) is 95.0 Å². The minimum Gasteiger partial charge on any atom is -0.598 e. The van der Waals surface area contributed by atoms with Gasteiger partial charge < -0.3 is 14.4 Å². The Labute approximate surface area is 201 Å². The molecule has 33 heavy (non-hydrogen) atoms. The van der Waals surface area contributed by atoms with E-state index in [1.807, 2.05) is 12.1 Å². The number of aromatic amines is 1. The number of nitrogens with one attached hydrogen (secondary N) is 2. The Kier molecular flexibility index (Phi) is 5.45. The van der Waals surface area contributed by atoms with Crippen LogP contribution in [0.25, 0.3) is 10.9 Å². The highest BCUT2D eigenvalue weighted by Gasteiger charge is 2.40. The van der Waals surface area contributed by atoms with E-state index in [1.165, 1.54) is 0 Å². The standard InChI is InChI=1S/C25H25ClN4O2S/c1-25(2)18-12-21(30-8-6-15(7-9-30)29-33(3)32)19(26)11-17(18)23(31)22-16-5-4-14(13-27)10-20(16)28-24(22)25/h4-5,10-12,15,28-29H,6-9H2,1-3H3. The molecule has 5 rings (SSSR count). The van der Waals surface area contributed by atoms with Gasteiger partial charge in [-0.05, 0) is 42.7 Å². The Morgan fingerprint density at radius 1 is 1.27 bits per heavy atom. The lowest BCUT2D eigenvalue weighted by molar-refractivity contribution is 0.103. The van der Waals surface area contributed by atoms with Gasteiger partial charge in [-0.1, -0.05) is 31.5 Å². The van der Waals surface area contributed by atoms with E-state index >= 15 is 0 Å². The molecule has 0 bridgehead atoms. The molecule has 170 valence electrons. The van der Waals surface area contributed by atoms with Gasteiger partial charge in [0.15, 0.2) is 5.78 Å². The van der Waals surface area contributed by atoms with Crippen molar-refractivity contribution < 1.29 is 9.35 Å². The molecule has 3 aromatic rings. The fourth-order valence-corrected chi connectivity index (χ4v) is 6.21. The number of hydrogen-bond donors (Lipinski definition) is 2. The molecule has 0 spiro atoms. The lowest BCUT2D eigenvalue weighted by atomic mass is 9.71. The maximum atomic E-state index is 13.6. The first-order valence-electron chi connectivity index (χ1n) is 11.0. The molecule has 1 aromatic heterocycles. The van der Waals surface area contributed by atoms with Crippen LogP contribution in [0, 0.1) is 11.3 Å². The zero-order valence-electron chi connectivity index (χ0n) is 18.8. The average Bonchev–Trinajstić information content (AvgIpc) is 3.17. The van der Waals surface area contributed by atoms with Crippen LogP contribution in [0.1, 0.15) is 59.4 Å². The summed E-state index contributed by atoms with van der Waals surface area (Å²) in [7, 11) is 0. The summed E-state index contributed by atoms with van der Waals surface area (Å²) in [6, 6.07) is 11.7. The zero-order chi connectivity index (χ0) is 23.5. The number of ketones is 1. The summed E-state index contributed by atoms with van der Waals surface area (Å²) < 4.78 is 14.6. The molecule has 1 saturated heterocycles. The number of halogens is 1. The van der Waals surface area contributed by atoms with Crippen LogP contribution < -0.4 is 9.62 Å². The Morgan fingerprint density at radius 2 is 2.00 bits per heavy atom. The van der Waals surface area contributed by atoms with Crippen LogP contribution in [-0.2, 0) is 16.8 Å². The maximum absolute atomic E-state index is 13.6. The molecular weight excluding hydrogens is 456 g/mol. The van der Waals surface area contributed by atoms with Crippen molar-refractivity contribution >= 4 is 45.3 Å². The summed E-state index contributed by atoms with van der Waals surface area (Å²) in [6.07, 6.45) is 3.41. The highest BCUT2D eigenvalue weighted by molar-refractivity contribution is 7.88. The number of aromatic nitrogens is 1. The predicted octanol–water partition coefficient (Wildman–Crippen LogP) is 4.42. The number of carbonyl (C=O) groups excluding carboxylic acids is 1. The summed E-state index contributed by atoms with van der Waals surface area (Å²) in [5.41, 5.74) is 4.94. The van der Waals surface area contributed by atoms with Crippen LogP contribution in [0.3, 0.4) is 0 Å². The summed E-state index contributed by atoms with van der Waals surface area (Å²) in [5, 5.41) is 10.7. The zero-order valence-corrected chi connectivity index (χ0v) is 20.4. The van der Waals surface area contributed by atoms with Crippen LogP contribution in [0.15, 0.2) is 30.3 Å². The quantitative estimate of drug-likeness (QED) is 0.541. The number of rotatable bonds is 3. The maximum Gasteiger partial charge on any atom is 0.195 e. The Balaban J connectivity index is 1.55. The highest BCUT2D eigenvalue weighted by atomic mass is 35.5. The van der Waals surface area contributed by atoms with Crippen molar-refractivity contribution in [3.05, 3.63) is 63.3 Å². The van der Waals surface area contributed by atoms with Gasteiger partial charge in [-0.2, -0.15) is 5.26 Å². The monoisotopic (exact) mass is 480 g/mol. The second-order valence-electron chi connectivity index (χ2n) is 9.38. The summed E-state index contributed by atoms with van der Waals surface area (Å²) >= 11 is 5.71. The number of hydrogen-bond acceptors (Lipinski definition) is 5. The van der Waals surface area contributed by atoms with Crippen LogP contribution in [0.5, 0.6) is 0 Å². The molecule has 1 atom stereocenters. The number of H-pyrrole nitrogens is 1. The molecule has 2 N–H and O–H groups in total. The van der Waals surface area contributed by atoms with Crippen LogP contribution in [0.2, 0.25) is 5.02 Å². The lowest BCUT2D eigenvalue weighted by Gasteiger charge is -2.37. The largest absolute Gasteiger partial charge is 0.598 e. The van der Waals surface area contributed by atoms with Gasteiger partial charge in [-0.25, -0.2) is 0 Å². The fraction of sp³-hybridized carbons (Fsp3) is 0.360. The SMILES string of the molecule is C[S+]([O-])NC1CCN(c2cc3c(cc2Cl)C(=O)c2c([nH]c4cc(C#N)ccc24)C3(C)C)CC1. The minimum atomic E-state index is -1.02. The van der Waals surface area contributed by atoms with E-state index in [0.717, 1.165) is 53.8 Å². The van der Waals surface area contributed by atoms with Gasteiger partial charge in [0.2, 0.25) is 0 Å². The van der Waals surface area contributed by atoms with Gasteiger partial charge in [0.25, 0.3) is 0 Å². The third-order valence-electron chi connectivity index (χ3n) is 6.95. The summed E-state index contributed by atoms with van der Waals surface area (Å²) in [6.45, 7) is 5.83. The van der Waals surface area contributed by atoms with Gasteiger partial charge in [-0.15, -0.1) is 4.72 Å². The van der Waals surface area contributed by atoms with Crippen molar-refractivity contribution in [2.75, 3.05) is 24.2 Å². The Bertz CT molecular complexity index is 1320. The Hall–Kier alpha value is -2.50. The van der Waals surface area contributed by atoms with E-state index in [0.29, 0.717) is 21.7 Å². The van der Waals surface area contributed by atoms with E-state index in [-0.39, 0.29) is 11.8 Å². The third-order valence-corrected chi connectivity index (χ3v) is 7.92. The molecule has 2 aromatic carbocycles. The van der Waals surface area contributed by atoms with Crippen molar-refractivity contribution in [2.24, 2.45) is 0 Å². The van der Waals surface area contributed by atoms with Crippen LogP contribution in [0.4, 0.5) is 5.69 Å². The van der Waals surface area contributed by atoms with Crippen molar-refractivity contribution in [3.63, 3.8) is 0 Å². The van der Waals surface area contributed by atoms with Gasteiger partial charge in [0.1, 0.15) is 6.26 Å². The van der Waals surface area contributed by atoms with Gasteiger partial charge >= 0.3 is 0 Å². The van der Waals surface area contributed by atoms with Gasteiger partial charge in [-0.3, -0.25) is 4.79 Å². The summed E-state index contributed by atoms with van der Waals surface area (Å²) in [4.78, 5) is 19.3. The molecule has 2 aliphatic rings. The third kappa shape index (κ3) is 3.62. The van der Waals surface area contributed by atoms with Gasteiger partial charge in [0, 0.05) is 52.0 Å². The van der Waals surface area contributed by atoms with E-state index in [1.54, 1.807) is 18.4 Å². The number of fused-ring (bicyclic) bond motifs is 4. The number of anilines is 1. The lowest BCUT2D eigenvalue weighted by Crippen LogP contribution is -2.44. The molecule has 8 heteroatoms. The average molecular weight is 481 g/mol. The molecule has 1 aliphatic heterocycles. The molecule has 1 unspecified atom stereocenters. The van der Waals surface area contributed by atoms with E-state index < -0.39 is 16.8 Å². The number of benzene rings is 2. The molecule has 0 saturated carbocycles. The minimum absolute atomic E-state index is 0.0444. The molecule has 1 aliphatic carbocycles. The first-order valence-corrected chi connectivity index (χ1v) is 12.9.